The van der Waals surface area contributed by atoms with Gasteiger partial charge in [-0.3, -0.25) is 4.79 Å². The lowest BCUT2D eigenvalue weighted by molar-refractivity contribution is -0.130. The first-order chi connectivity index (χ1) is 15.6. The Morgan fingerprint density at radius 3 is 2.47 bits per heavy atom. The molecule has 32 heavy (non-hydrogen) atoms. The van der Waals surface area contributed by atoms with Crippen LogP contribution in [0.1, 0.15) is 24.0 Å². The zero-order valence-corrected chi connectivity index (χ0v) is 19.0. The number of rotatable bonds is 9. The molecule has 2 aromatic carbocycles. The molecule has 0 aromatic heterocycles. The SMILES string of the molecule is COc1ccc(CCNC(N)=NCC(=O)N2CCC(Cc3ccccc3)CC2)cc1OC. The molecule has 1 fully saturated rings. The number of carbonyl (C=O) groups excluding carboxylic acids is 1. The van der Waals surface area contributed by atoms with Crippen molar-refractivity contribution in [2.24, 2.45) is 16.6 Å². The van der Waals surface area contributed by atoms with Crippen LogP contribution in [0.2, 0.25) is 0 Å². The van der Waals surface area contributed by atoms with Crippen LogP contribution in [0.4, 0.5) is 0 Å². The molecule has 3 N–H and O–H groups in total. The molecule has 0 bridgehead atoms. The fourth-order valence-electron chi connectivity index (χ4n) is 4.01. The minimum absolute atomic E-state index is 0.0350. The van der Waals surface area contributed by atoms with E-state index in [4.69, 9.17) is 15.2 Å². The number of hydrogen-bond acceptors (Lipinski definition) is 4. The maximum atomic E-state index is 12.5. The Balaban J connectivity index is 1.37. The molecule has 0 aliphatic carbocycles. The molecule has 1 amide bonds. The summed E-state index contributed by atoms with van der Waals surface area (Å²) in [5.41, 5.74) is 8.41. The van der Waals surface area contributed by atoms with E-state index in [-0.39, 0.29) is 18.4 Å². The molecule has 1 aliphatic heterocycles. The van der Waals surface area contributed by atoms with E-state index in [0.29, 0.717) is 24.0 Å². The summed E-state index contributed by atoms with van der Waals surface area (Å²) >= 11 is 0. The summed E-state index contributed by atoms with van der Waals surface area (Å²) in [6, 6.07) is 16.4. The smallest absolute Gasteiger partial charge is 0.244 e. The second kappa shape index (κ2) is 12.0. The highest BCUT2D eigenvalue weighted by Gasteiger charge is 2.22. The van der Waals surface area contributed by atoms with Gasteiger partial charge in [0.05, 0.1) is 14.2 Å². The van der Waals surface area contributed by atoms with Crippen molar-refractivity contribution in [3.63, 3.8) is 0 Å². The summed E-state index contributed by atoms with van der Waals surface area (Å²) in [7, 11) is 3.23. The van der Waals surface area contributed by atoms with Crippen LogP contribution in [0, 0.1) is 5.92 Å². The predicted octanol–water partition coefficient (Wildman–Crippen LogP) is 2.63. The molecule has 7 heteroatoms. The molecule has 2 aromatic rings. The molecule has 172 valence electrons. The number of benzene rings is 2. The highest BCUT2D eigenvalue weighted by Crippen LogP contribution is 2.27. The van der Waals surface area contributed by atoms with Crippen LogP contribution in [0.15, 0.2) is 53.5 Å². The Bertz CT molecular complexity index is 893. The van der Waals surface area contributed by atoms with Crippen LogP contribution in [-0.4, -0.2) is 57.2 Å². The molecular formula is C25H34N4O3. The molecule has 0 radical (unpaired) electrons. The first-order valence-electron chi connectivity index (χ1n) is 11.2. The zero-order valence-electron chi connectivity index (χ0n) is 19.0. The number of nitrogens with zero attached hydrogens (tertiary/aromatic N) is 2. The van der Waals surface area contributed by atoms with Crippen molar-refractivity contribution in [1.29, 1.82) is 0 Å². The van der Waals surface area contributed by atoms with Gasteiger partial charge in [0.25, 0.3) is 0 Å². The number of nitrogens with one attached hydrogen (secondary N) is 1. The summed E-state index contributed by atoms with van der Waals surface area (Å²) in [5, 5.41) is 3.07. The van der Waals surface area contributed by atoms with Gasteiger partial charge < -0.3 is 25.4 Å². The van der Waals surface area contributed by atoms with Crippen molar-refractivity contribution in [2.75, 3.05) is 40.4 Å². The standard InChI is InChI=1S/C25H34N4O3/c1-31-22-9-8-20(17-23(22)32-2)10-13-27-25(26)28-18-24(30)29-14-11-21(12-15-29)16-19-6-4-3-5-7-19/h3-9,17,21H,10-16,18H2,1-2H3,(H3,26,27,28). The van der Waals surface area contributed by atoms with Gasteiger partial charge in [0, 0.05) is 19.6 Å². The molecule has 0 unspecified atom stereocenters. The maximum absolute atomic E-state index is 12.5. The van der Waals surface area contributed by atoms with E-state index in [9.17, 15) is 4.79 Å². The van der Waals surface area contributed by atoms with Crippen molar-refractivity contribution >= 4 is 11.9 Å². The maximum Gasteiger partial charge on any atom is 0.244 e. The number of ether oxygens (including phenoxy) is 2. The quantitative estimate of drug-likeness (QED) is 0.464. The lowest BCUT2D eigenvalue weighted by atomic mass is 9.90. The van der Waals surface area contributed by atoms with Crippen molar-refractivity contribution < 1.29 is 14.3 Å². The van der Waals surface area contributed by atoms with Gasteiger partial charge in [-0.1, -0.05) is 36.4 Å². The highest BCUT2D eigenvalue weighted by molar-refractivity contribution is 5.84. The van der Waals surface area contributed by atoms with Gasteiger partial charge in [-0.25, -0.2) is 4.99 Å². The van der Waals surface area contributed by atoms with E-state index in [0.717, 1.165) is 44.3 Å². The number of hydrogen-bond donors (Lipinski definition) is 2. The van der Waals surface area contributed by atoms with Gasteiger partial charge in [0.2, 0.25) is 5.91 Å². The molecule has 3 rings (SSSR count). The summed E-state index contributed by atoms with van der Waals surface area (Å²) < 4.78 is 10.6. The van der Waals surface area contributed by atoms with Gasteiger partial charge in [0.1, 0.15) is 6.54 Å². The predicted molar refractivity (Wildman–Crippen MR) is 127 cm³/mol. The normalized spacial score (nSPS) is 14.8. The molecule has 1 saturated heterocycles. The van der Waals surface area contributed by atoms with E-state index in [1.54, 1.807) is 14.2 Å². The van der Waals surface area contributed by atoms with Crippen LogP contribution in [-0.2, 0) is 17.6 Å². The second-order valence-electron chi connectivity index (χ2n) is 8.08. The fraction of sp³-hybridized carbons (Fsp3) is 0.440. The molecule has 7 nitrogen and oxygen atoms in total. The van der Waals surface area contributed by atoms with Crippen LogP contribution in [0.3, 0.4) is 0 Å². The van der Waals surface area contributed by atoms with E-state index in [1.165, 1.54) is 5.56 Å². The van der Waals surface area contributed by atoms with Gasteiger partial charge in [-0.2, -0.15) is 0 Å². The average molecular weight is 439 g/mol. The Hall–Kier alpha value is -3.22. The van der Waals surface area contributed by atoms with Crippen molar-refractivity contribution in [1.82, 2.24) is 10.2 Å². The number of aliphatic imine (C=N–C) groups is 1. The summed E-state index contributed by atoms with van der Waals surface area (Å²) in [6.45, 7) is 2.28. The summed E-state index contributed by atoms with van der Waals surface area (Å²) in [4.78, 5) is 18.6. The average Bonchev–Trinajstić information content (AvgIpc) is 2.83. The van der Waals surface area contributed by atoms with Crippen molar-refractivity contribution in [3.05, 3.63) is 59.7 Å². The molecule has 1 aliphatic rings. The number of piperidine rings is 1. The Morgan fingerprint density at radius 2 is 1.78 bits per heavy atom. The van der Waals surface area contributed by atoms with Gasteiger partial charge >= 0.3 is 0 Å². The molecule has 0 atom stereocenters. The monoisotopic (exact) mass is 438 g/mol. The van der Waals surface area contributed by atoms with E-state index in [1.807, 2.05) is 29.2 Å². The second-order valence-corrected chi connectivity index (χ2v) is 8.08. The third-order valence-corrected chi connectivity index (χ3v) is 5.89. The minimum atomic E-state index is 0.0350. The largest absolute Gasteiger partial charge is 0.493 e. The van der Waals surface area contributed by atoms with Crippen LogP contribution >= 0.6 is 0 Å². The molecule has 0 spiro atoms. The van der Waals surface area contributed by atoms with Crippen molar-refractivity contribution in [3.8, 4) is 11.5 Å². The Kier molecular flexibility index (Phi) is 8.78. The number of amides is 1. The van der Waals surface area contributed by atoms with Crippen molar-refractivity contribution in [2.45, 2.75) is 25.7 Å². The Morgan fingerprint density at radius 1 is 1.06 bits per heavy atom. The van der Waals surface area contributed by atoms with Gasteiger partial charge in [-0.15, -0.1) is 0 Å². The van der Waals surface area contributed by atoms with Crippen LogP contribution in [0.25, 0.3) is 0 Å². The third kappa shape index (κ3) is 6.90. The number of methoxy groups -OCH3 is 2. The highest BCUT2D eigenvalue weighted by atomic mass is 16.5. The number of likely N-dealkylation sites (tertiary alicyclic amines) is 1. The lowest BCUT2D eigenvalue weighted by Crippen LogP contribution is -2.41. The summed E-state index contributed by atoms with van der Waals surface area (Å²) in [6.07, 6.45) is 3.89. The Labute approximate surface area is 190 Å². The first kappa shape index (κ1) is 23.4. The number of carbonyl (C=O) groups is 1. The van der Waals surface area contributed by atoms with Crippen LogP contribution in [0.5, 0.6) is 11.5 Å². The fourth-order valence-corrected chi connectivity index (χ4v) is 4.01. The third-order valence-electron chi connectivity index (χ3n) is 5.89. The van der Waals surface area contributed by atoms with E-state index >= 15 is 0 Å². The van der Waals surface area contributed by atoms with E-state index in [2.05, 4.69) is 34.6 Å². The number of guanidine groups is 1. The summed E-state index contributed by atoms with van der Waals surface area (Å²) in [5.74, 6) is 2.36. The molecule has 1 heterocycles. The van der Waals surface area contributed by atoms with Gasteiger partial charge in [-0.05, 0) is 54.9 Å². The van der Waals surface area contributed by atoms with Gasteiger partial charge in [0.15, 0.2) is 17.5 Å². The zero-order chi connectivity index (χ0) is 22.8. The lowest BCUT2D eigenvalue weighted by Gasteiger charge is -2.31. The molecular weight excluding hydrogens is 404 g/mol. The van der Waals surface area contributed by atoms with E-state index < -0.39 is 0 Å². The minimum Gasteiger partial charge on any atom is -0.493 e. The van der Waals surface area contributed by atoms with Crippen LogP contribution < -0.4 is 20.5 Å². The molecule has 0 saturated carbocycles. The number of nitrogens with two attached hydrogens (primary N) is 1. The topological polar surface area (TPSA) is 89.2 Å². The first-order valence-corrected chi connectivity index (χ1v) is 11.2.